The van der Waals surface area contributed by atoms with Crippen LogP contribution in [0.4, 0.5) is 0 Å². The average molecular weight is 879 g/mol. The maximum absolute atomic E-state index is 2.56. The van der Waals surface area contributed by atoms with Gasteiger partial charge < -0.3 is 9.13 Å². The summed E-state index contributed by atoms with van der Waals surface area (Å²) in [5.74, 6) is 0. The number of benzene rings is 10. The predicted molar refractivity (Wildman–Crippen MR) is 289 cm³/mol. The highest BCUT2D eigenvalue weighted by atomic mass is 15.0. The molecule has 0 saturated carbocycles. The molecule has 0 fully saturated rings. The van der Waals surface area contributed by atoms with Gasteiger partial charge in [0, 0.05) is 38.3 Å². The molecule has 2 aromatic heterocycles. The minimum absolute atomic E-state index is 0.203. The zero-order chi connectivity index (χ0) is 45.5. The highest BCUT2D eigenvalue weighted by molar-refractivity contribution is 6.14. The summed E-state index contributed by atoms with van der Waals surface area (Å²) in [7, 11) is 0. The van der Waals surface area contributed by atoms with Gasteiger partial charge in [0.2, 0.25) is 0 Å². The van der Waals surface area contributed by atoms with Gasteiger partial charge in [-0.25, -0.2) is 0 Å². The normalized spacial score (nSPS) is 14.9. The number of rotatable bonds is 7. The molecule has 0 radical (unpaired) electrons. The lowest BCUT2D eigenvalue weighted by atomic mass is 9.67. The van der Waals surface area contributed by atoms with Gasteiger partial charge in [-0.2, -0.15) is 0 Å². The summed E-state index contributed by atoms with van der Waals surface area (Å²) in [6, 6.07) is 90.4. The van der Waals surface area contributed by atoms with Crippen LogP contribution in [0.25, 0.3) is 88.3 Å². The molecule has 2 nitrogen and oxygen atoms in total. The smallest absolute Gasteiger partial charge is 0.0713 e. The molecule has 12 aromatic rings. The molecule has 0 N–H and O–H groups in total. The Labute approximate surface area is 402 Å². The molecule has 324 valence electrons. The monoisotopic (exact) mass is 878 g/mol. The van der Waals surface area contributed by atoms with E-state index < -0.39 is 5.41 Å². The molecule has 1 atom stereocenters. The fourth-order valence-electron chi connectivity index (χ4n) is 12.1. The van der Waals surface area contributed by atoms with Crippen molar-refractivity contribution < 1.29 is 0 Å². The first-order valence-corrected chi connectivity index (χ1v) is 24.2. The van der Waals surface area contributed by atoms with Crippen LogP contribution in [0.5, 0.6) is 0 Å². The fraction of sp³-hybridized carbons (Fsp3) is 0.0448. The Hall–Kier alpha value is -8.72. The number of hydrogen-bond donors (Lipinski definition) is 0. The lowest BCUT2D eigenvalue weighted by Crippen LogP contribution is -2.28. The van der Waals surface area contributed by atoms with Gasteiger partial charge in [0.25, 0.3) is 0 Å². The molecule has 14 rings (SSSR count). The predicted octanol–water partition coefficient (Wildman–Crippen LogP) is 17.2. The number of nitrogens with zero attached hydrogens (tertiary/aromatic N) is 2. The first kappa shape index (κ1) is 39.4. The first-order valence-electron chi connectivity index (χ1n) is 24.2. The fourth-order valence-corrected chi connectivity index (χ4v) is 12.1. The Morgan fingerprint density at radius 2 is 0.899 bits per heavy atom. The van der Waals surface area contributed by atoms with E-state index >= 15 is 0 Å². The number of aromatic nitrogens is 2. The van der Waals surface area contributed by atoms with Gasteiger partial charge in [0.1, 0.15) is 0 Å². The first-order chi connectivity index (χ1) is 34.2. The third-order valence-corrected chi connectivity index (χ3v) is 15.2. The lowest BCUT2D eigenvalue weighted by Gasteiger charge is -2.34. The minimum Gasteiger partial charge on any atom is -0.333 e. The second-order valence-corrected chi connectivity index (χ2v) is 18.8. The molecule has 10 aromatic carbocycles. The van der Waals surface area contributed by atoms with Crippen LogP contribution in [0.1, 0.15) is 40.3 Å². The van der Waals surface area contributed by atoms with E-state index in [9.17, 15) is 0 Å². The van der Waals surface area contributed by atoms with E-state index in [1.54, 1.807) is 0 Å². The zero-order valence-corrected chi connectivity index (χ0v) is 38.0. The molecule has 2 heterocycles. The van der Waals surface area contributed by atoms with Crippen LogP contribution in [-0.4, -0.2) is 9.13 Å². The van der Waals surface area contributed by atoms with E-state index in [1.807, 2.05) is 0 Å². The lowest BCUT2D eigenvalue weighted by molar-refractivity contribution is 0.656. The van der Waals surface area contributed by atoms with Crippen LogP contribution in [-0.2, 0) is 5.41 Å². The minimum atomic E-state index is -0.504. The molecule has 2 aliphatic carbocycles. The molecule has 69 heavy (non-hydrogen) atoms. The second kappa shape index (κ2) is 15.7. The molecule has 0 saturated heterocycles. The third kappa shape index (κ3) is 6.05. The van der Waals surface area contributed by atoms with Gasteiger partial charge in [-0.3, -0.25) is 0 Å². The van der Waals surface area contributed by atoms with Crippen molar-refractivity contribution in [2.24, 2.45) is 0 Å². The van der Waals surface area contributed by atoms with E-state index in [0.29, 0.717) is 0 Å². The molecule has 2 aliphatic rings. The Kier molecular flexibility index (Phi) is 8.97. The van der Waals surface area contributed by atoms with Crippen molar-refractivity contribution in [3.05, 3.63) is 289 Å². The Morgan fingerprint density at radius 1 is 0.362 bits per heavy atom. The summed E-state index contributed by atoms with van der Waals surface area (Å²) < 4.78 is 5.05. The van der Waals surface area contributed by atoms with Gasteiger partial charge in [0.15, 0.2) is 0 Å². The third-order valence-electron chi connectivity index (χ3n) is 15.2. The molecular formula is C67H46N2. The molecule has 0 aliphatic heterocycles. The number of allylic oxidation sites excluding steroid dienone is 4. The van der Waals surface area contributed by atoms with Crippen molar-refractivity contribution in [1.29, 1.82) is 0 Å². The maximum Gasteiger partial charge on any atom is 0.0713 e. The molecule has 0 amide bonds. The molecular weight excluding hydrogens is 833 g/mol. The van der Waals surface area contributed by atoms with E-state index in [2.05, 4.69) is 270 Å². The second-order valence-electron chi connectivity index (χ2n) is 18.8. The summed E-state index contributed by atoms with van der Waals surface area (Å²) in [4.78, 5) is 0. The van der Waals surface area contributed by atoms with Gasteiger partial charge in [-0.15, -0.1) is 0 Å². The van der Waals surface area contributed by atoms with Gasteiger partial charge in [-0.05, 0) is 128 Å². The van der Waals surface area contributed by atoms with E-state index in [1.165, 1.54) is 110 Å². The molecule has 0 bridgehead atoms. The van der Waals surface area contributed by atoms with Crippen LogP contribution in [0.3, 0.4) is 0 Å². The van der Waals surface area contributed by atoms with Crippen LogP contribution in [0.2, 0.25) is 0 Å². The van der Waals surface area contributed by atoms with Crippen molar-refractivity contribution >= 4 is 49.2 Å². The summed E-state index contributed by atoms with van der Waals surface area (Å²) in [5, 5.41) is 5.03. The Bertz CT molecular complexity index is 3960. The highest BCUT2D eigenvalue weighted by Crippen LogP contribution is 2.57. The zero-order valence-electron chi connectivity index (χ0n) is 38.0. The Morgan fingerprint density at radius 3 is 1.61 bits per heavy atom. The highest BCUT2D eigenvalue weighted by Gasteiger charge is 2.46. The van der Waals surface area contributed by atoms with Crippen molar-refractivity contribution in [2.75, 3.05) is 0 Å². The SMILES string of the molecule is C1=CC(n2c3ccccc3c3cc(-c4ccc5c(c4)c4cc6c(cc4n5-c4ccc(-c5ccccc5)cc4)-c4ccccc4C6(c4ccccc4)c4ccccc4)ccc32)CC(c2ccccc2)=C1. The van der Waals surface area contributed by atoms with E-state index in [0.717, 1.165) is 12.1 Å². The summed E-state index contributed by atoms with van der Waals surface area (Å²) >= 11 is 0. The van der Waals surface area contributed by atoms with Gasteiger partial charge in [-0.1, -0.05) is 206 Å². The number of fused-ring (bicyclic) bond motifs is 9. The van der Waals surface area contributed by atoms with Gasteiger partial charge >= 0.3 is 0 Å². The van der Waals surface area contributed by atoms with E-state index in [-0.39, 0.29) is 6.04 Å². The van der Waals surface area contributed by atoms with Crippen molar-refractivity contribution in [3.63, 3.8) is 0 Å². The van der Waals surface area contributed by atoms with E-state index in [4.69, 9.17) is 0 Å². The van der Waals surface area contributed by atoms with Crippen molar-refractivity contribution in [1.82, 2.24) is 9.13 Å². The quantitative estimate of drug-likeness (QED) is 0.151. The number of hydrogen-bond acceptors (Lipinski definition) is 0. The largest absolute Gasteiger partial charge is 0.333 e. The standard InChI is InChI=1S/C67H46N2/c1-5-18-45(19-6-1)47-32-36-53(37-33-47)68-65-39-35-50(49-34-38-64-58(41-49)56-29-14-16-31-63(56)69(64)54-27-17-22-48(40-54)46-20-7-2-8-21-46)42-59(65)60-43-62-57(44-66(60)68)55-28-13-15-30-61(55)67(62,51-23-9-3-10-24-51)52-25-11-4-12-26-52/h1-39,41-44,54H,40H2. The van der Waals surface area contributed by atoms with Crippen LogP contribution in [0, 0.1) is 0 Å². The molecule has 0 spiro atoms. The van der Waals surface area contributed by atoms with Crippen LogP contribution >= 0.6 is 0 Å². The summed E-state index contributed by atoms with van der Waals surface area (Å²) in [5.41, 5.74) is 20.8. The topological polar surface area (TPSA) is 9.86 Å². The Balaban J connectivity index is 0.985. The van der Waals surface area contributed by atoms with Crippen LogP contribution < -0.4 is 0 Å². The summed E-state index contributed by atoms with van der Waals surface area (Å²) in [6.07, 6.45) is 7.83. The average Bonchev–Trinajstić information content (AvgIpc) is 4.04. The number of para-hydroxylation sites is 1. The molecule has 2 heteroatoms. The van der Waals surface area contributed by atoms with Gasteiger partial charge in [0.05, 0.1) is 22.5 Å². The van der Waals surface area contributed by atoms with Crippen molar-refractivity contribution in [3.8, 4) is 39.1 Å². The summed E-state index contributed by atoms with van der Waals surface area (Å²) in [6.45, 7) is 0. The van der Waals surface area contributed by atoms with Crippen molar-refractivity contribution in [2.45, 2.75) is 17.9 Å². The molecule has 1 unspecified atom stereocenters. The maximum atomic E-state index is 2.56. The van der Waals surface area contributed by atoms with Crippen LogP contribution in [0.15, 0.2) is 261 Å².